The van der Waals surface area contributed by atoms with Crippen molar-refractivity contribution in [2.75, 3.05) is 26.2 Å². The lowest BCUT2D eigenvalue weighted by Crippen LogP contribution is -2.41. The van der Waals surface area contributed by atoms with E-state index in [0.29, 0.717) is 5.82 Å². The fourth-order valence-corrected chi connectivity index (χ4v) is 4.60. The van der Waals surface area contributed by atoms with Crippen molar-refractivity contribution >= 4 is 22.8 Å². The predicted octanol–water partition coefficient (Wildman–Crippen LogP) is 2.36. The molecule has 0 N–H and O–H groups in total. The summed E-state index contributed by atoms with van der Waals surface area (Å²) in [6, 6.07) is 10.0. The number of imidazole rings is 1. The number of carbonyl (C=O) groups is 2. The summed E-state index contributed by atoms with van der Waals surface area (Å²) >= 11 is 0. The molecular weight excluding hydrogens is 366 g/mol. The first-order valence-corrected chi connectivity index (χ1v) is 10.4. The molecule has 4 rings (SSSR count). The quantitative estimate of drug-likeness (QED) is 0.781. The Labute approximate surface area is 170 Å². The molecule has 2 aromatic rings. The van der Waals surface area contributed by atoms with Crippen LogP contribution in [0.5, 0.6) is 0 Å². The van der Waals surface area contributed by atoms with Gasteiger partial charge in [0.05, 0.1) is 29.9 Å². The summed E-state index contributed by atoms with van der Waals surface area (Å²) in [6.45, 7) is 2.90. The number of likely N-dealkylation sites (tertiary alicyclic amines) is 2. The molecule has 0 spiro atoms. The Kier molecular flexibility index (Phi) is 5.27. The smallest absolute Gasteiger partial charge is 0.224 e. The summed E-state index contributed by atoms with van der Waals surface area (Å²) in [5.41, 5.74) is 0.392. The zero-order valence-corrected chi connectivity index (χ0v) is 16.9. The SMILES string of the molecule is Cn1c(C(C#N)(CC(=O)N2CCCC2)CC(=O)N2CCCC2)nc2ccccc21. The average Bonchev–Trinajstić information content (AvgIpc) is 3.49. The van der Waals surface area contributed by atoms with Gasteiger partial charge in [-0.25, -0.2) is 4.98 Å². The second-order valence-electron chi connectivity index (χ2n) is 8.21. The second kappa shape index (κ2) is 7.86. The molecule has 152 valence electrons. The van der Waals surface area contributed by atoms with Crippen molar-refractivity contribution < 1.29 is 9.59 Å². The molecule has 3 heterocycles. The van der Waals surface area contributed by atoms with Crippen LogP contribution < -0.4 is 0 Å². The lowest BCUT2D eigenvalue weighted by Gasteiger charge is -2.29. The lowest BCUT2D eigenvalue weighted by molar-refractivity contribution is -0.133. The maximum Gasteiger partial charge on any atom is 0.224 e. The van der Waals surface area contributed by atoms with Gasteiger partial charge in [-0.3, -0.25) is 9.59 Å². The van der Waals surface area contributed by atoms with Gasteiger partial charge >= 0.3 is 0 Å². The van der Waals surface area contributed by atoms with E-state index in [1.165, 1.54) is 0 Å². The summed E-state index contributed by atoms with van der Waals surface area (Å²) < 4.78 is 1.87. The fourth-order valence-electron chi connectivity index (χ4n) is 4.60. The summed E-state index contributed by atoms with van der Waals surface area (Å²) in [5, 5.41) is 10.3. The number of carbonyl (C=O) groups excluding carboxylic acids is 2. The number of nitriles is 1. The molecule has 2 aliphatic heterocycles. The Hall–Kier alpha value is -2.88. The van der Waals surface area contributed by atoms with E-state index in [9.17, 15) is 14.9 Å². The highest BCUT2D eigenvalue weighted by atomic mass is 16.2. The van der Waals surface area contributed by atoms with Gasteiger partial charge < -0.3 is 14.4 Å². The Morgan fingerprint density at radius 2 is 1.52 bits per heavy atom. The van der Waals surface area contributed by atoms with Gasteiger partial charge in [-0.1, -0.05) is 12.1 Å². The highest BCUT2D eigenvalue weighted by Gasteiger charge is 2.44. The maximum atomic E-state index is 13.0. The van der Waals surface area contributed by atoms with Gasteiger partial charge in [0.1, 0.15) is 11.2 Å². The molecule has 0 atom stereocenters. The third-order valence-electron chi connectivity index (χ3n) is 6.25. The number of para-hydroxylation sites is 2. The van der Waals surface area contributed by atoms with Gasteiger partial charge in [0.15, 0.2) is 0 Å². The van der Waals surface area contributed by atoms with Gasteiger partial charge in [0, 0.05) is 33.2 Å². The van der Waals surface area contributed by atoms with Crippen LogP contribution in [-0.2, 0) is 22.1 Å². The van der Waals surface area contributed by atoms with Crippen molar-refractivity contribution in [2.45, 2.75) is 43.9 Å². The van der Waals surface area contributed by atoms with Crippen molar-refractivity contribution in [3.05, 3.63) is 30.1 Å². The van der Waals surface area contributed by atoms with Crippen LogP contribution >= 0.6 is 0 Å². The van der Waals surface area contributed by atoms with Crippen LogP contribution in [0.2, 0.25) is 0 Å². The molecule has 1 aromatic carbocycles. The van der Waals surface area contributed by atoms with Gasteiger partial charge in [-0.2, -0.15) is 5.26 Å². The van der Waals surface area contributed by atoms with Crippen LogP contribution in [0.25, 0.3) is 11.0 Å². The number of nitrogens with zero attached hydrogens (tertiary/aromatic N) is 5. The summed E-state index contributed by atoms with van der Waals surface area (Å²) in [6.07, 6.45) is 3.93. The number of benzene rings is 1. The monoisotopic (exact) mass is 393 g/mol. The van der Waals surface area contributed by atoms with E-state index >= 15 is 0 Å². The first kappa shape index (κ1) is 19.4. The van der Waals surface area contributed by atoms with E-state index in [2.05, 4.69) is 6.07 Å². The number of amides is 2. The second-order valence-corrected chi connectivity index (χ2v) is 8.21. The van der Waals surface area contributed by atoms with Gasteiger partial charge in [0.25, 0.3) is 0 Å². The molecule has 0 saturated carbocycles. The van der Waals surface area contributed by atoms with E-state index in [-0.39, 0.29) is 24.7 Å². The molecule has 29 heavy (non-hydrogen) atoms. The Morgan fingerprint density at radius 1 is 1.00 bits per heavy atom. The van der Waals surface area contributed by atoms with Crippen LogP contribution in [-0.4, -0.2) is 57.3 Å². The third-order valence-corrected chi connectivity index (χ3v) is 6.25. The highest BCUT2D eigenvalue weighted by Crippen LogP contribution is 2.35. The van der Waals surface area contributed by atoms with Crippen molar-refractivity contribution in [3.63, 3.8) is 0 Å². The Bertz CT molecular complexity index is 931. The highest BCUT2D eigenvalue weighted by molar-refractivity contribution is 5.84. The normalized spacial score (nSPS) is 17.1. The molecule has 0 radical (unpaired) electrons. The lowest BCUT2D eigenvalue weighted by atomic mass is 9.80. The summed E-state index contributed by atoms with van der Waals surface area (Å²) in [4.78, 5) is 34.4. The Morgan fingerprint density at radius 3 is 2.00 bits per heavy atom. The number of fused-ring (bicyclic) bond motifs is 1. The molecular formula is C22H27N5O2. The molecule has 0 bridgehead atoms. The molecule has 7 heteroatoms. The van der Waals surface area contributed by atoms with Gasteiger partial charge in [-0.05, 0) is 37.8 Å². The number of aromatic nitrogens is 2. The largest absolute Gasteiger partial charge is 0.343 e. The van der Waals surface area contributed by atoms with Gasteiger partial charge in [0.2, 0.25) is 11.8 Å². The summed E-state index contributed by atoms with van der Waals surface area (Å²) in [7, 11) is 1.86. The first-order chi connectivity index (χ1) is 14.0. The summed E-state index contributed by atoms with van der Waals surface area (Å²) in [5.74, 6) is 0.372. The number of aryl methyl sites for hydroxylation is 1. The first-order valence-electron chi connectivity index (χ1n) is 10.4. The molecule has 7 nitrogen and oxygen atoms in total. The number of hydrogen-bond acceptors (Lipinski definition) is 4. The van der Waals surface area contributed by atoms with Crippen LogP contribution in [0.3, 0.4) is 0 Å². The molecule has 2 fully saturated rings. The van der Waals surface area contributed by atoms with E-state index in [0.717, 1.165) is 62.9 Å². The average molecular weight is 393 g/mol. The zero-order valence-electron chi connectivity index (χ0n) is 16.9. The molecule has 2 aliphatic rings. The molecule has 0 unspecified atom stereocenters. The molecule has 0 aliphatic carbocycles. The predicted molar refractivity (Wildman–Crippen MR) is 109 cm³/mol. The minimum atomic E-state index is -1.27. The Balaban J connectivity index is 1.73. The molecule has 1 aromatic heterocycles. The topological polar surface area (TPSA) is 82.2 Å². The van der Waals surface area contributed by atoms with Crippen molar-refractivity contribution in [1.82, 2.24) is 19.4 Å². The van der Waals surface area contributed by atoms with Crippen LogP contribution in [0.15, 0.2) is 24.3 Å². The third kappa shape index (κ3) is 3.59. The van der Waals surface area contributed by atoms with Crippen molar-refractivity contribution in [1.29, 1.82) is 5.26 Å². The zero-order chi connectivity index (χ0) is 20.4. The van der Waals surface area contributed by atoms with Crippen LogP contribution in [0.4, 0.5) is 0 Å². The van der Waals surface area contributed by atoms with Crippen LogP contribution in [0.1, 0.15) is 44.3 Å². The minimum Gasteiger partial charge on any atom is -0.343 e. The standard InChI is InChI=1S/C22H27N5O2/c1-25-18-9-3-2-8-17(18)24-21(25)22(16-23,14-19(28)26-10-4-5-11-26)15-20(29)27-12-6-7-13-27/h2-3,8-9H,4-7,10-15H2,1H3. The van der Waals surface area contributed by atoms with Crippen molar-refractivity contribution in [3.8, 4) is 6.07 Å². The van der Waals surface area contributed by atoms with E-state index < -0.39 is 5.41 Å². The van der Waals surface area contributed by atoms with E-state index in [1.54, 1.807) is 0 Å². The minimum absolute atomic E-state index is 0.0136. The number of rotatable bonds is 5. The van der Waals surface area contributed by atoms with Crippen LogP contribution in [0, 0.1) is 11.3 Å². The number of hydrogen-bond donors (Lipinski definition) is 0. The van der Waals surface area contributed by atoms with E-state index in [1.807, 2.05) is 45.7 Å². The van der Waals surface area contributed by atoms with Gasteiger partial charge in [-0.15, -0.1) is 0 Å². The maximum absolute atomic E-state index is 13.0. The molecule has 2 amide bonds. The fraction of sp³-hybridized carbons (Fsp3) is 0.545. The van der Waals surface area contributed by atoms with Crippen molar-refractivity contribution in [2.24, 2.45) is 7.05 Å². The van der Waals surface area contributed by atoms with E-state index in [4.69, 9.17) is 4.98 Å². The molecule has 2 saturated heterocycles.